The molecule has 1 saturated heterocycles. The summed E-state index contributed by atoms with van der Waals surface area (Å²) in [5.74, 6) is 0.965. The van der Waals surface area contributed by atoms with E-state index in [1.807, 2.05) is 4.90 Å². The molecule has 1 atom stereocenters. The van der Waals surface area contributed by atoms with Crippen LogP contribution in [0, 0.1) is 5.92 Å². The number of piperidine rings is 1. The lowest BCUT2D eigenvalue weighted by Gasteiger charge is -2.32. The largest absolute Gasteiger partial charge is 0.408 e. The predicted molar refractivity (Wildman–Crippen MR) is 48.0 cm³/mol. The number of nitrogens with two attached hydrogens (primary N) is 1. The molecule has 4 nitrogen and oxygen atoms in total. The summed E-state index contributed by atoms with van der Waals surface area (Å²) >= 11 is 0. The number of nitrogens with zero attached hydrogens (tertiary/aromatic N) is 2. The monoisotopic (exact) mass is 171 g/mol. The van der Waals surface area contributed by atoms with E-state index in [-0.39, 0.29) is 5.96 Å². The summed E-state index contributed by atoms with van der Waals surface area (Å²) < 4.78 is 0. The maximum Gasteiger partial charge on any atom is 0.233 e. The van der Waals surface area contributed by atoms with Gasteiger partial charge >= 0.3 is 0 Å². The smallest absolute Gasteiger partial charge is 0.233 e. The molecule has 1 rings (SSSR count). The molecule has 0 radical (unpaired) electrons. The highest BCUT2D eigenvalue weighted by Crippen LogP contribution is 2.18. The lowest BCUT2D eigenvalue weighted by molar-refractivity contribution is 0.235. The molecule has 0 amide bonds. The first-order valence-corrected chi connectivity index (χ1v) is 4.50. The van der Waals surface area contributed by atoms with Crippen LogP contribution < -0.4 is 5.73 Å². The van der Waals surface area contributed by atoms with Gasteiger partial charge in [-0.25, -0.2) is 0 Å². The number of hydrogen-bond acceptors (Lipinski definition) is 2. The van der Waals surface area contributed by atoms with Crippen LogP contribution in [0.4, 0.5) is 0 Å². The molecular formula is C8H17N3O. The van der Waals surface area contributed by atoms with Crippen LogP contribution in [0.3, 0.4) is 0 Å². The summed E-state index contributed by atoms with van der Waals surface area (Å²) in [6, 6.07) is 0. The number of rotatable bonds is 1. The van der Waals surface area contributed by atoms with Crippen molar-refractivity contribution in [1.29, 1.82) is 0 Å². The van der Waals surface area contributed by atoms with Crippen molar-refractivity contribution in [2.45, 2.75) is 26.2 Å². The first kappa shape index (κ1) is 9.16. The minimum atomic E-state index is 0.258. The summed E-state index contributed by atoms with van der Waals surface area (Å²) in [4.78, 5) is 1.94. The first-order chi connectivity index (χ1) is 5.77. The van der Waals surface area contributed by atoms with E-state index >= 15 is 0 Å². The van der Waals surface area contributed by atoms with Crippen molar-refractivity contribution in [3.05, 3.63) is 0 Å². The van der Waals surface area contributed by atoms with Gasteiger partial charge in [0.05, 0.1) is 0 Å². The Kier molecular flexibility index (Phi) is 3.19. The lowest BCUT2D eigenvalue weighted by Crippen LogP contribution is -2.43. The molecule has 1 fully saturated rings. The third-order valence-corrected chi connectivity index (χ3v) is 2.52. The molecule has 12 heavy (non-hydrogen) atoms. The molecule has 0 aliphatic carbocycles. The quantitative estimate of drug-likeness (QED) is 0.266. The van der Waals surface area contributed by atoms with Crippen LogP contribution in [0.5, 0.6) is 0 Å². The zero-order valence-corrected chi connectivity index (χ0v) is 7.53. The van der Waals surface area contributed by atoms with Gasteiger partial charge in [-0.3, -0.25) is 0 Å². The fraction of sp³-hybridized carbons (Fsp3) is 0.875. The van der Waals surface area contributed by atoms with Gasteiger partial charge in [0.15, 0.2) is 0 Å². The Bertz CT molecular complexity index is 170. The summed E-state index contributed by atoms with van der Waals surface area (Å²) in [6.07, 6.45) is 3.59. The zero-order chi connectivity index (χ0) is 8.97. The molecule has 1 aliphatic heterocycles. The van der Waals surface area contributed by atoms with E-state index in [1.54, 1.807) is 0 Å². The fourth-order valence-electron chi connectivity index (χ4n) is 1.67. The maximum absolute atomic E-state index is 8.47. The number of guanidine groups is 1. The van der Waals surface area contributed by atoms with Crippen LogP contribution in [0.1, 0.15) is 26.2 Å². The minimum Gasteiger partial charge on any atom is -0.408 e. The Hall–Kier alpha value is -0.930. The van der Waals surface area contributed by atoms with Gasteiger partial charge in [-0.1, -0.05) is 18.5 Å². The number of likely N-dealkylation sites (tertiary alicyclic amines) is 1. The third-order valence-electron chi connectivity index (χ3n) is 2.52. The van der Waals surface area contributed by atoms with E-state index in [9.17, 15) is 0 Å². The molecule has 0 aromatic heterocycles. The Morgan fingerprint density at radius 2 is 2.50 bits per heavy atom. The molecule has 0 bridgehead atoms. The maximum atomic E-state index is 8.47. The number of hydrogen-bond donors (Lipinski definition) is 2. The molecule has 0 saturated carbocycles. The molecular weight excluding hydrogens is 154 g/mol. The molecule has 0 aromatic rings. The van der Waals surface area contributed by atoms with Gasteiger partial charge in [-0.15, -0.1) is 0 Å². The van der Waals surface area contributed by atoms with E-state index < -0.39 is 0 Å². The predicted octanol–water partition coefficient (Wildman–Crippen LogP) is 0.812. The standard InChI is InChI=1S/C8H17N3O/c1-2-7-4-3-5-11(6-7)8(9)10-12/h7,12H,2-6H2,1H3,(H2,9,10). The molecule has 3 N–H and O–H groups in total. The molecule has 1 aliphatic rings. The Morgan fingerprint density at radius 3 is 3.08 bits per heavy atom. The summed E-state index contributed by atoms with van der Waals surface area (Å²) in [6.45, 7) is 4.04. The minimum absolute atomic E-state index is 0.258. The Balaban J connectivity index is 2.45. The average molecular weight is 171 g/mol. The van der Waals surface area contributed by atoms with Gasteiger partial charge in [-0.2, -0.15) is 0 Å². The number of oxime groups is 1. The van der Waals surface area contributed by atoms with Crippen molar-refractivity contribution < 1.29 is 5.21 Å². The Labute approximate surface area is 73.0 Å². The van der Waals surface area contributed by atoms with Gasteiger partial charge < -0.3 is 15.8 Å². The van der Waals surface area contributed by atoms with Crippen LogP contribution >= 0.6 is 0 Å². The van der Waals surface area contributed by atoms with Crippen LogP contribution in [-0.2, 0) is 0 Å². The molecule has 1 heterocycles. The highest BCUT2D eigenvalue weighted by molar-refractivity contribution is 5.77. The van der Waals surface area contributed by atoms with Crippen LogP contribution in [0.25, 0.3) is 0 Å². The average Bonchev–Trinajstić information content (AvgIpc) is 2.17. The fourth-order valence-corrected chi connectivity index (χ4v) is 1.67. The van der Waals surface area contributed by atoms with Crippen LogP contribution in [-0.4, -0.2) is 29.2 Å². The van der Waals surface area contributed by atoms with Crippen LogP contribution in [0.15, 0.2) is 5.16 Å². The normalized spacial score (nSPS) is 25.9. The van der Waals surface area contributed by atoms with Gasteiger partial charge in [0.1, 0.15) is 0 Å². The highest BCUT2D eigenvalue weighted by Gasteiger charge is 2.19. The summed E-state index contributed by atoms with van der Waals surface area (Å²) in [5.41, 5.74) is 5.49. The topological polar surface area (TPSA) is 61.8 Å². The SMILES string of the molecule is CCC1CCCN(/C(N)=N/O)C1. The van der Waals surface area contributed by atoms with Crippen molar-refractivity contribution in [3.63, 3.8) is 0 Å². The van der Waals surface area contributed by atoms with Crippen molar-refractivity contribution in [3.8, 4) is 0 Å². The second-order valence-electron chi connectivity index (χ2n) is 3.32. The molecule has 70 valence electrons. The van der Waals surface area contributed by atoms with Gasteiger partial charge in [0.2, 0.25) is 5.96 Å². The summed E-state index contributed by atoms with van der Waals surface area (Å²) in [7, 11) is 0. The second-order valence-corrected chi connectivity index (χ2v) is 3.32. The van der Waals surface area contributed by atoms with E-state index in [4.69, 9.17) is 10.9 Å². The molecule has 1 unspecified atom stereocenters. The first-order valence-electron chi connectivity index (χ1n) is 4.50. The summed E-state index contributed by atoms with van der Waals surface area (Å²) in [5, 5.41) is 11.5. The van der Waals surface area contributed by atoms with E-state index in [1.165, 1.54) is 12.8 Å². The lowest BCUT2D eigenvalue weighted by atomic mass is 9.96. The van der Waals surface area contributed by atoms with Crippen molar-refractivity contribution in [1.82, 2.24) is 4.90 Å². The van der Waals surface area contributed by atoms with Crippen LogP contribution in [0.2, 0.25) is 0 Å². The second kappa shape index (κ2) is 4.18. The van der Waals surface area contributed by atoms with E-state index in [2.05, 4.69) is 12.1 Å². The highest BCUT2D eigenvalue weighted by atomic mass is 16.4. The van der Waals surface area contributed by atoms with Crippen molar-refractivity contribution in [2.24, 2.45) is 16.8 Å². The van der Waals surface area contributed by atoms with Crippen molar-refractivity contribution in [2.75, 3.05) is 13.1 Å². The van der Waals surface area contributed by atoms with E-state index in [0.29, 0.717) is 5.92 Å². The zero-order valence-electron chi connectivity index (χ0n) is 7.53. The molecule has 0 aromatic carbocycles. The van der Waals surface area contributed by atoms with Gasteiger partial charge in [0, 0.05) is 13.1 Å². The van der Waals surface area contributed by atoms with E-state index in [0.717, 1.165) is 19.5 Å². The molecule has 0 spiro atoms. The Morgan fingerprint density at radius 1 is 1.75 bits per heavy atom. The third kappa shape index (κ3) is 2.03. The molecule has 4 heteroatoms. The van der Waals surface area contributed by atoms with Gasteiger partial charge in [-0.05, 0) is 18.8 Å². The van der Waals surface area contributed by atoms with Gasteiger partial charge in [0.25, 0.3) is 0 Å². The van der Waals surface area contributed by atoms with Crippen molar-refractivity contribution >= 4 is 5.96 Å².